The van der Waals surface area contributed by atoms with Crippen molar-refractivity contribution in [1.29, 1.82) is 0 Å². The number of nitrogens with one attached hydrogen (secondary N) is 1. The molecule has 1 N–H and O–H groups in total. The Morgan fingerprint density at radius 2 is 1.78 bits per heavy atom. The number of allylic oxidation sites excluding steroid dienone is 1. The fourth-order valence-electron chi connectivity index (χ4n) is 3.89. The van der Waals surface area contributed by atoms with Gasteiger partial charge in [0.25, 0.3) is 5.91 Å². The predicted octanol–water partition coefficient (Wildman–Crippen LogP) is 4.79. The number of nitrogens with zero attached hydrogens (tertiary/aromatic N) is 4. The van der Waals surface area contributed by atoms with E-state index in [0.29, 0.717) is 16.3 Å². The molecule has 0 bridgehead atoms. The number of ketones is 1. The van der Waals surface area contributed by atoms with Crippen LogP contribution in [0.3, 0.4) is 0 Å². The molecule has 0 aliphatic carbocycles. The first-order chi connectivity index (χ1) is 20.0. The minimum absolute atomic E-state index is 0.0665. The van der Waals surface area contributed by atoms with E-state index in [9.17, 15) is 14.4 Å². The third kappa shape index (κ3) is 6.19. The van der Waals surface area contributed by atoms with Crippen LogP contribution in [0.1, 0.15) is 36.6 Å². The number of hydrogen-bond acceptors (Lipinski definition) is 10. The molecule has 206 valence electrons. The van der Waals surface area contributed by atoms with E-state index in [1.807, 2.05) is 24.3 Å². The van der Waals surface area contributed by atoms with Gasteiger partial charge in [-0.25, -0.2) is 19.4 Å². The van der Waals surface area contributed by atoms with E-state index in [2.05, 4.69) is 20.4 Å². The highest BCUT2D eigenvalue weighted by Gasteiger charge is 2.21. The van der Waals surface area contributed by atoms with Gasteiger partial charge in [0.15, 0.2) is 11.9 Å². The summed E-state index contributed by atoms with van der Waals surface area (Å²) in [6, 6.07) is 18.8. The Kier molecular flexibility index (Phi) is 8.23. The number of benzene rings is 3. The van der Waals surface area contributed by atoms with Gasteiger partial charge in [-0.15, -0.1) is 0 Å². The van der Waals surface area contributed by atoms with E-state index in [0.717, 1.165) is 10.2 Å². The van der Waals surface area contributed by atoms with Crippen molar-refractivity contribution in [3.8, 4) is 5.75 Å². The average molecular weight is 570 g/mol. The highest BCUT2D eigenvalue weighted by molar-refractivity contribution is 7.22. The second-order valence-corrected chi connectivity index (χ2v) is 9.55. The van der Waals surface area contributed by atoms with Gasteiger partial charge in [0.05, 0.1) is 17.3 Å². The van der Waals surface area contributed by atoms with Crippen molar-refractivity contribution < 1.29 is 28.6 Å². The zero-order chi connectivity index (χ0) is 28.8. The monoisotopic (exact) mass is 569 g/mol. The van der Waals surface area contributed by atoms with Crippen LogP contribution in [0, 0.1) is 0 Å². The number of anilines is 1. The van der Waals surface area contributed by atoms with E-state index in [1.54, 1.807) is 30.3 Å². The molecule has 41 heavy (non-hydrogen) atoms. The van der Waals surface area contributed by atoms with Gasteiger partial charge in [-0.3, -0.25) is 14.9 Å². The smallest absolute Gasteiger partial charge is 0.341 e. The van der Waals surface area contributed by atoms with Gasteiger partial charge in [-0.2, -0.15) is 5.10 Å². The van der Waals surface area contributed by atoms with Crippen LogP contribution in [0.5, 0.6) is 5.75 Å². The number of aromatic nitrogens is 4. The lowest BCUT2D eigenvalue weighted by Crippen LogP contribution is -2.13. The Bertz CT molecular complexity index is 1710. The number of methoxy groups -OCH3 is 2. The fourth-order valence-corrected chi connectivity index (χ4v) is 4.75. The standard InChI is InChI=1S/C29H23N5O6S/c1-38-17-40-24-12-11-20(14-21(24)28(37)39-2)26(35)23(34-16-30-15-31-34)13-18-7-9-19(10-8-18)27(36)33-29-32-22-5-3-4-6-25(22)41-29/h3-16H,17H2,1-2H3,(H,32,33,36). The van der Waals surface area contributed by atoms with E-state index in [1.165, 1.54) is 61.1 Å². The molecule has 0 spiro atoms. The maximum atomic E-state index is 13.6. The van der Waals surface area contributed by atoms with Crippen molar-refractivity contribution in [2.75, 3.05) is 26.3 Å². The average Bonchev–Trinajstić information content (AvgIpc) is 3.68. The number of ether oxygens (including phenoxy) is 3. The number of hydrogen-bond donors (Lipinski definition) is 1. The molecule has 0 saturated heterocycles. The third-order valence-corrected chi connectivity index (χ3v) is 6.82. The van der Waals surface area contributed by atoms with Crippen molar-refractivity contribution in [3.63, 3.8) is 0 Å². The van der Waals surface area contributed by atoms with Crippen LogP contribution in [0.4, 0.5) is 5.13 Å². The van der Waals surface area contributed by atoms with Gasteiger partial charge in [-0.1, -0.05) is 35.6 Å². The number of Topliss-reactive ketones (excluding diaryl/α,β-unsaturated/α-hetero) is 1. The van der Waals surface area contributed by atoms with Crippen LogP contribution in [-0.2, 0) is 9.47 Å². The molecule has 0 fully saturated rings. The van der Waals surface area contributed by atoms with Crippen LogP contribution in [-0.4, -0.2) is 58.4 Å². The summed E-state index contributed by atoms with van der Waals surface area (Å²) in [5.74, 6) is -1.20. The molecule has 2 heterocycles. The van der Waals surface area contributed by atoms with Crippen LogP contribution >= 0.6 is 11.3 Å². The van der Waals surface area contributed by atoms with Gasteiger partial charge >= 0.3 is 5.97 Å². The van der Waals surface area contributed by atoms with E-state index >= 15 is 0 Å². The topological polar surface area (TPSA) is 135 Å². The highest BCUT2D eigenvalue weighted by atomic mass is 32.1. The number of carbonyl (C=O) groups is 3. The molecule has 3 aromatic carbocycles. The van der Waals surface area contributed by atoms with Crippen molar-refractivity contribution in [3.05, 3.63) is 102 Å². The predicted molar refractivity (Wildman–Crippen MR) is 153 cm³/mol. The summed E-state index contributed by atoms with van der Waals surface area (Å²) in [6.45, 7) is -0.0873. The Hall–Kier alpha value is -5.20. The molecule has 5 aromatic rings. The Morgan fingerprint density at radius 1 is 1.00 bits per heavy atom. The Labute approximate surface area is 238 Å². The summed E-state index contributed by atoms with van der Waals surface area (Å²) in [4.78, 5) is 47.2. The highest BCUT2D eigenvalue weighted by Crippen LogP contribution is 2.27. The molecule has 0 aliphatic rings. The number of carbonyl (C=O) groups excluding carboxylic acids is 3. The molecule has 0 unspecified atom stereocenters. The largest absolute Gasteiger partial charge is 0.467 e. The lowest BCUT2D eigenvalue weighted by atomic mass is 10.0. The van der Waals surface area contributed by atoms with Crippen molar-refractivity contribution >= 4 is 56.1 Å². The number of para-hydroxylation sites is 1. The number of esters is 1. The zero-order valence-electron chi connectivity index (χ0n) is 21.9. The van der Waals surface area contributed by atoms with Gasteiger partial charge in [0, 0.05) is 18.2 Å². The quantitative estimate of drug-likeness (QED) is 0.109. The summed E-state index contributed by atoms with van der Waals surface area (Å²) in [6.07, 6.45) is 4.30. The minimum atomic E-state index is -0.670. The maximum Gasteiger partial charge on any atom is 0.341 e. The Morgan fingerprint density at radius 3 is 2.49 bits per heavy atom. The van der Waals surface area contributed by atoms with Crippen LogP contribution in [0.2, 0.25) is 0 Å². The fraction of sp³-hybridized carbons (Fsp3) is 0.103. The van der Waals surface area contributed by atoms with Gasteiger partial charge in [0.1, 0.15) is 29.7 Å². The lowest BCUT2D eigenvalue weighted by molar-refractivity contribution is 0.0465. The molecule has 0 saturated carbocycles. The van der Waals surface area contributed by atoms with Gasteiger partial charge < -0.3 is 14.2 Å². The molecular weight excluding hydrogens is 546 g/mol. The number of fused-ring (bicyclic) bond motifs is 1. The summed E-state index contributed by atoms with van der Waals surface area (Å²) < 4.78 is 17.5. The minimum Gasteiger partial charge on any atom is -0.467 e. The van der Waals surface area contributed by atoms with Gasteiger partial charge in [-0.05, 0) is 54.1 Å². The molecular formula is C29H23N5O6S. The molecule has 0 atom stereocenters. The Balaban J connectivity index is 1.41. The first-order valence-corrected chi connectivity index (χ1v) is 13.0. The second-order valence-electron chi connectivity index (χ2n) is 8.52. The summed E-state index contributed by atoms with van der Waals surface area (Å²) in [5, 5.41) is 7.45. The van der Waals surface area contributed by atoms with Crippen LogP contribution < -0.4 is 10.1 Å². The van der Waals surface area contributed by atoms with Crippen LogP contribution in [0.25, 0.3) is 22.0 Å². The molecule has 5 rings (SSSR count). The molecule has 0 aliphatic heterocycles. The van der Waals surface area contributed by atoms with E-state index in [-0.39, 0.29) is 35.3 Å². The SMILES string of the molecule is COCOc1ccc(C(=O)C(=Cc2ccc(C(=O)Nc3nc4ccccc4s3)cc2)n2cncn2)cc1C(=O)OC. The third-order valence-electron chi connectivity index (χ3n) is 5.87. The van der Waals surface area contributed by atoms with Crippen molar-refractivity contribution in [1.82, 2.24) is 19.7 Å². The first-order valence-electron chi connectivity index (χ1n) is 12.2. The molecule has 2 aromatic heterocycles. The van der Waals surface area contributed by atoms with E-state index < -0.39 is 11.8 Å². The lowest BCUT2D eigenvalue weighted by Gasteiger charge is -2.12. The van der Waals surface area contributed by atoms with E-state index in [4.69, 9.17) is 14.2 Å². The number of thiazole rings is 1. The summed E-state index contributed by atoms with van der Waals surface area (Å²) >= 11 is 1.39. The molecule has 12 heteroatoms. The van der Waals surface area contributed by atoms with Crippen molar-refractivity contribution in [2.24, 2.45) is 0 Å². The maximum absolute atomic E-state index is 13.6. The normalized spacial score (nSPS) is 11.3. The second kappa shape index (κ2) is 12.3. The van der Waals surface area contributed by atoms with Gasteiger partial charge in [0.2, 0.25) is 5.78 Å². The number of rotatable bonds is 10. The summed E-state index contributed by atoms with van der Waals surface area (Å²) in [7, 11) is 2.69. The molecule has 1 amide bonds. The molecule has 11 nitrogen and oxygen atoms in total. The first kappa shape index (κ1) is 27.4. The zero-order valence-corrected chi connectivity index (χ0v) is 22.8. The summed E-state index contributed by atoms with van der Waals surface area (Å²) in [5.41, 5.74) is 2.30. The van der Waals surface area contributed by atoms with Crippen molar-refractivity contribution in [2.45, 2.75) is 0 Å². The molecule has 0 radical (unpaired) electrons. The van der Waals surface area contributed by atoms with Crippen LogP contribution in [0.15, 0.2) is 79.4 Å². The number of amides is 1.